The van der Waals surface area contributed by atoms with E-state index in [1.807, 2.05) is 32.1 Å². The first kappa shape index (κ1) is 11.6. The van der Waals surface area contributed by atoms with Crippen molar-refractivity contribution in [1.29, 1.82) is 0 Å². The lowest BCUT2D eigenvalue weighted by Crippen LogP contribution is -2.31. The number of carbonyl (C=O) groups excluding carboxylic acids is 1. The number of allylic oxidation sites excluding steroid dienone is 3. The van der Waals surface area contributed by atoms with Gasteiger partial charge in [0, 0.05) is 7.05 Å². The molecule has 15 heavy (non-hydrogen) atoms. The molecular weight excluding hydrogens is 190 g/mol. The number of ether oxygens (including phenoxy) is 1. The van der Waals surface area contributed by atoms with Crippen LogP contribution in [0.2, 0.25) is 0 Å². The molecule has 82 valence electrons. The molecule has 1 rings (SSSR count). The molecule has 0 bridgehead atoms. The minimum atomic E-state index is -0.265. The average molecular weight is 207 g/mol. The molecular formula is C12H17NO2. The second-order valence-electron chi connectivity index (χ2n) is 3.54. The van der Waals surface area contributed by atoms with E-state index >= 15 is 0 Å². The molecule has 0 saturated carbocycles. The smallest absolute Gasteiger partial charge is 0.410 e. The zero-order chi connectivity index (χ0) is 11.4. The molecule has 0 aromatic carbocycles. The molecule has 2 atom stereocenters. The fourth-order valence-electron chi connectivity index (χ4n) is 1.54. The van der Waals surface area contributed by atoms with E-state index in [2.05, 4.69) is 6.58 Å². The van der Waals surface area contributed by atoms with Gasteiger partial charge in [-0.3, -0.25) is 0 Å². The summed E-state index contributed by atoms with van der Waals surface area (Å²) in [4.78, 5) is 12.9. The number of rotatable bonds is 3. The van der Waals surface area contributed by atoms with Crippen LogP contribution in [-0.2, 0) is 4.74 Å². The maximum absolute atomic E-state index is 11.3. The lowest BCUT2D eigenvalue weighted by Gasteiger charge is -2.17. The molecule has 0 spiro atoms. The molecule has 0 N–H and O–H groups in total. The van der Waals surface area contributed by atoms with Crippen LogP contribution in [0.4, 0.5) is 4.79 Å². The Balaban J connectivity index is 2.84. The number of likely N-dealkylation sites (N-methyl/N-ethyl adjacent to an activating group) is 1. The Morgan fingerprint density at radius 1 is 1.60 bits per heavy atom. The fraction of sp³-hybridized carbons (Fsp3) is 0.417. The first-order chi connectivity index (χ1) is 7.11. The van der Waals surface area contributed by atoms with Crippen molar-refractivity contribution < 1.29 is 9.53 Å². The van der Waals surface area contributed by atoms with Crippen molar-refractivity contribution in [3.05, 3.63) is 36.5 Å². The molecule has 0 aliphatic carbocycles. The molecule has 2 unspecified atom stereocenters. The zero-order valence-corrected chi connectivity index (χ0v) is 9.43. The lowest BCUT2D eigenvalue weighted by molar-refractivity contribution is 0.145. The van der Waals surface area contributed by atoms with Gasteiger partial charge in [-0.2, -0.15) is 0 Å². The maximum atomic E-state index is 11.3. The summed E-state index contributed by atoms with van der Waals surface area (Å²) in [7, 11) is 1.75. The molecule has 1 aliphatic rings. The number of hydrogen-bond acceptors (Lipinski definition) is 2. The summed E-state index contributed by atoms with van der Waals surface area (Å²) in [5.74, 6) is 0. The highest BCUT2D eigenvalue weighted by atomic mass is 16.6. The van der Waals surface area contributed by atoms with Crippen molar-refractivity contribution >= 4 is 6.09 Å². The van der Waals surface area contributed by atoms with Gasteiger partial charge in [-0.25, -0.2) is 4.79 Å². The molecule has 1 amide bonds. The van der Waals surface area contributed by atoms with Gasteiger partial charge in [-0.1, -0.05) is 30.9 Å². The Morgan fingerprint density at radius 3 is 2.67 bits per heavy atom. The van der Waals surface area contributed by atoms with Gasteiger partial charge in [0.05, 0.1) is 6.04 Å². The molecule has 0 aromatic rings. The maximum Gasteiger partial charge on any atom is 0.410 e. The van der Waals surface area contributed by atoms with Crippen LogP contribution in [0, 0.1) is 0 Å². The van der Waals surface area contributed by atoms with Crippen LogP contribution in [-0.4, -0.2) is 30.2 Å². The average Bonchev–Trinajstić information content (AvgIpc) is 2.48. The standard InChI is InChI=1S/C12H17NO2/c1-5-7-8-10(6-2)11-9(3)13(4)12(14)15-11/h5-9,11H,1H2,2-4H3/b8-7-,10-6+. The molecule has 1 fully saturated rings. The van der Waals surface area contributed by atoms with E-state index in [0.29, 0.717) is 0 Å². The highest BCUT2D eigenvalue weighted by Crippen LogP contribution is 2.24. The minimum Gasteiger partial charge on any atom is -0.439 e. The number of carbonyl (C=O) groups is 1. The second-order valence-corrected chi connectivity index (χ2v) is 3.54. The highest BCUT2D eigenvalue weighted by Gasteiger charge is 2.37. The van der Waals surface area contributed by atoms with Gasteiger partial charge in [-0.15, -0.1) is 0 Å². The van der Waals surface area contributed by atoms with Crippen molar-refractivity contribution in [2.45, 2.75) is 26.0 Å². The summed E-state index contributed by atoms with van der Waals surface area (Å²) in [5, 5.41) is 0. The first-order valence-corrected chi connectivity index (χ1v) is 5.00. The van der Waals surface area contributed by atoms with Crippen LogP contribution >= 0.6 is 0 Å². The summed E-state index contributed by atoms with van der Waals surface area (Å²) in [6.07, 6.45) is 6.97. The molecule has 0 radical (unpaired) electrons. The van der Waals surface area contributed by atoms with Gasteiger partial charge >= 0.3 is 6.09 Å². The lowest BCUT2D eigenvalue weighted by atomic mass is 10.0. The fourth-order valence-corrected chi connectivity index (χ4v) is 1.54. The van der Waals surface area contributed by atoms with E-state index < -0.39 is 0 Å². The molecule has 3 heteroatoms. The van der Waals surface area contributed by atoms with Crippen LogP contribution in [0.5, 0.6) is 0 Å². The number of nitrogens with zero attached hydrogens (tertiary/aromatic N) is 1. The predicted octanol–water partition coefficient (Wildman–Crippen LogP) is 2.51. The Labute approximate surface area is 90.7 Å². The zero-order valence-electron chi connectivity index (χ0n) is 9.43. The third-order valence-corrected chi connectivity index (χ3v) is 2.65. The van der Waals surface area contributed by atoms with Crippen LogP contribution in [0.25, 0.3) is 0 Å². The minimum absolute atomic E-state index is 0.0677. The SMILES string of the molecule is C=C/C=C\C(=C/C)C1OC(=O)N(C)C1C. The van der Waals surface area contributed by atoms with Gasteiger partial charge < -0.3 is 9.64 Å². The molecule has 1 aliphatic heterocycles. The topological polar surface area (TPSA) is 29.5 Å². The van der Waals surface area contributed by atoms with Crippen molar-refractivity contribution in [1.82, 2.24) is 4.90 Å². The Morgan fingerprint density at radius 2 is 2.27 bits per heavy atom. The van der Waals surface area contributed by atoms with Crippen LogP contribution in [0.1, 0.15) is 13.8 Å². The molecule has 1 heterocycles. The predicted molar refractivity (Wildman–Crippen MR) is 60.6 cm³/mol. The van der Waals surface area contributed by atoms with E-state index in [1.54, 1.807) is 18.0 Å². The van der Waals surface area contributed by atoms with E-state index in [-0.39, 0.29) is 18.2 Å². The van der Waals surface area contributed by atoms with Crippen molar-refractivity contribution in [2.75, 3.05) is 7.05 Å². The van der Waals surface area contributed by atoms with Crippen molar-refractivity contribution in [3.8, 4) is 0 Å². The van der Waals surface area contributed by atoms with E-state index in [0.717, 1.165) is 5.57 Å². The van der Waals surface area contributed by atoms with Crippen molar-refractivity contribution in [3.63, 3.8) is 0 Å². The van der Waals surface area contributed by atoms with Gasteiger partial charge in [-0.05, 0) is 19.4 Å². The largest absolute Gasteiger partial charge is 0.439 e. The molecule has 1 saturated heterocycles. The number of hydrogen-bond donors (Lipinski definition) is 0. The summed E-state index contributed by atoms with van der Waals surface area (Å²) in [6, 6.07) is 0.0677. The van der Waals surface area contributed by atoms with Gasteiger partial charge in [0.15, 0.2) is 0 Å². The van der Waals surface area contributed by atoms with Gasteiger partial charge in [0.2, 0.25) is 0 Å². The van der Waals surface area contributed by atoms with Crippen molar-refractivity contribution in [2.24, 2.45) is 0 Å². The quantitative estimate of drug-likeness (QED) is 0.665. The highest BCUT2D eigenvalue weighted by molar-refractivity contribution is 5.71. The summed E-state index contributed by atoms with van der Waals surface area (Å²) in [5.41, 5.74) is 1.00. The Hall–Kier alpha value is -1.51. The Kier molecular flexibility index (Phi) is 3.72. The monoisotopic (exact) mass is 207 g/mol. The Bertz CT molecular complexity index is 318. The third-order valence-electron chi connectivity index (χ3n) is 2.65. The van der Waals surface area contributed by atoms with Gasteiger partial charge in [0.1, 0.15) is 6.10 Å². The van der Waals surface area contributed by atoms with E-state index in [1.165, 1.54) is 0 Å². The van der Waals surface area contributed by atoms with Crippen LogP contribution in [0.3, 0.4) is 0 Å². The number of cyclic esters (lactones) is 1. The van der Waals surface area contributed by atoms with Crippen LogP contribution < -0.4 is 0 Å². The van der Waals surface area contributed by atoms with Gasteiger partial charge in [0.25, 0.3) is 0 Å². The third kappa shape index (κ3) is 2.29. The first-order valence-electron chi connectivity index (χ1n) is 5.00. The normalized spacial score (nSPS) is 27.3. The summed E-state index contributed by atoms with van der Waals surface area (Å²) >= 11 is 0. The molecule has 3 nitrogen and oxygen atoms in total. The second kappa shape index (κ2) is 4.82. The summed E-state index contributed by atoms with van der Waals surface area (Å²) in [6.45, 7) is 7.52. The van der Waals surface area contributed by atoms with E-state index in [4.69, 9.17) is 4.74 Å². The molecule has 0 aromatic heterocycles. The van der Waals surface area contributed by atoms with E-state index in [9.17, 15) is 4.79 Å². The number of amides is 1. The van der Waals surface area contributed by atoms with Crippen LogP contribution in [0.15, 0.2) is 36.5 Å². The summed E-state index contributed by atoms with van der Waals surface area (Å²) < 4.78 is 5.27.